The van der Waals surface area contributed by atoms with Gasteiger partial charge in [-0.1, -0.05) is 5.16 Å². The Morgan fingerprint density at radius 2 is 2.13 bits per heavy atom. The highest BCUT2D eigenvalue weighted by atomic mass is 16.7. The van der Waals surface area contributed by atoms with Crippen LogP contribution < -0.4 is 4.90 Å². The Labute approximate surface area is 134 Å². The second-order valence-corrected chi connectivity index (χ2v) is 6.19. The van der Waals surface area contributed by atoms with E-state index in [-0.39, 0.29) is 6.10 Å². The summed E-state index contributed by atoms with van der Waals surface area (Å²) in [7, 11) is 0. The van der Waals surface area contributed by atoms with Crippen molar-refractivity contribution in [2.75, 3.05) is 24.6 Å². The molecule has 2 fully saturated rings. The minimum absolute atomic E-state index is 0.184. The van der Waals surface area contributed by atoms with Crippen LogP contribution in [-0.4, -0.2) is 46.7 Å². The average molecular weight is 316 g/mol. The van der Waals surface area contributed by atoms with Crippen molar-refractivity contribution in [3.63, 3.8) is 0 Å². The van der Waals surface area contributed by atoms with E-state index in [9.17, 15) is 0 Å². The first-order valence-electron chi connectivity index (χ1n) is 7.97. The molecule has 0 aromatic carbocycles. The minimum Gasteiger partial charge on any atom is -0.356 e. The molecule has 2 aromatic heterocycles. The van der Waals surface area contributed by atoms with Gasteiger partial charge >= 0.3 is 0 Å². The fraction of sp³-hybridized carbons (Fsp3) is 0.562. The van der Waals surface area contributed by atoms with Crippen molar-refractivity contribution >= 4 is 5.82 Å². The third-order valence-corrected chi connectivity index (χ3v) is 4.37. The summed E-state index contributed by atoms with van der Waals surface area (Å²) in [5.41, 5.74) is 0.887. The minimum atomic E-state index is -0.392. The van der Waals surface area contributed by atoms with Crippen LogP contribution in [0.1, 0.15) is 25.6 Å². The lowest BCUT2D eigenvalue weighted by atomic mass is 10.0. The van der Waals surface area contributed by atoms with Gasteiger partial charge in [-0.2, -0.15) is 4.98 Å². The maximum atomic E-state index is 5.97. The molecule has 1 spiro atoms. The van der Waals surface area contributed by atoms with Crippen LogP contribution in [0.25, 0.3) is 11.5 Å². The summed E-state index contributed by atoms with van der Waals surface area (Å²) in [4.78, 5) is 11.0. The zero-order valence-corrected chi connectivity index (χ0v) is 13.4. The molecule has 2 aromatic rings. The van der Waals surface area contributed by atoms with E-state index in [0.29, 0.717) is 18.3 Å². The monoisotopic (exact) mass is 316 g/mol. The van der Waals surface area contributed by atoms with E-state index in [0.717, 1.165) is 37.3 Å². The number of anilines is 1. The number of pyridine rings is 1. The Morgan fingerprint density at radius 1 is 1.30 bits per heavy atom. The second-order valence-electron chi connectivity index (χ2n) is 6.19. The Hall–Kier alpha value is -1.99. The van der Waals surface area contributed by atoms with Gasteiger partial charge in [-0.15, -0.1) is 0 Å². The molecule has 2 aliphatic rings. The summed E-state index contributed by atoms with van der Waals surface area (Å²) in [6, 6.07) is 3.87. The van der Waals surface area contributed by atoms with E-state index in [2.05, 4.69) is 26.9 Å². The van der Waals surface area contributed by atoms with Crippen molar-refractivity contribution in [1.29, 1.82) is 0 Å². The molecular weight excluding hydrogens is 296 g/mol. The van der Waals surface area contributed by atoms with Gasteiger partial charge in [-0.3, -0.25) is 0 Å². The third-order valence-electron chi connectivity index (χ3n) is 4.37. The van der Waals surface area contributed by atoms with E-state index in [4.69, 9.17) is 14.0 Å². The van der Waals surface area contributed by atoms with Crippen molar-refractivity contribution in [3.8, 4) is 11.5 Å². The lowest BCUT2D eigenvalue weighted by Gasteiger charge is -2.38. The summed E-state index contributed by atoms with van der Waals surface area (Å²) in [5, 5.41) is 3.84. The topological polar surface area (TPSA) is 73.5 Å². The molecule has 1 unspecified atom stereocenters. The zero-order chi connectivity index (χ0) is 15.9. The van der Waals surface area contributed by atoms with Gasteiger partial charge in [0, 0.05) is 37.7 Å². The molecule has 7 heteroatoms. The number of aromatic nitrogens is 3. The molecule has 0 aliphatic carbocycles. The van der Waals surface area contributed by atoms with Crippen LogP contribution in [0, 0.1) is 6.92 Å². The summed E-state index contributed by atoms with van der Waals surface area (Å²) < 4.78 is 17.1. The van der Waals surface area contributed by atoms with E-state index >= 15 is 0 Å². The molecule has 0 bridgehead atoms. The van der Waals surface area contributed by atoms with Gasteiger partial charge in [0.05, 0.1) is 12.7 Å². The molecule has 7 nitrogen and oxygen atoms in total. The van der Waals surface area contributed by atoms with Crippen molar-refractivity contribution in [2.45, 2.75) is 38.6 Å². The van der Waals surface area contributed by atoms with Gasteiger partial charge in [0.1, 0.15) is 5.82 Å². The molecule has 4 heterocycles. The maximum absolute atomic E-state index is 5.97. The highest BCUT2D eigenvalue weighted by Gasteiger charge is 2.42. The summed E-state index contributed by atoms with van der Waals surface area (Å²) in [5.74, 6) is 1.68. The Morgan fingerprint density at radius 3 is 2.78 bits per heavy atom. The zero-order valence-electron chi connectivity index (χ0n) is 13.4. The standard InChI is InChI=1S/C16H20N4O3/c1-11-10-21-16(22-11)4-7-20(8-5-16)14-9-13(3-6-17-14)15-18-12(2)19-23-15/h3,6,9,11H,4-5,7-8,10H2,1-2H3. The second kappa shape index (κ2) is 5.58. The SMILES string of the molecule is Cc1noc(-c2ccnc(N3CCC4(CC3)OCC(C)O4)c2)n1. The third kappa shape index (κ3) is 2.82. The van der Waals surface area contributed by atoms with Crippen LogP contribution in [0.5, 0.6) is 0 Å². The highest BCUT2D eigenvalue weighted by Crippen LogP contribution is 2.35. The number of nitrogens with zero attached hydrogens (tertiary/aromatic N) is 4. The van der Waals surface area contributed by atoms with Gasteiger partial charge < -0.3 is 18.9 Å². The first-order chi connectivity index (χ1) is 11.1. The lowest BCUT2D eigenvalue weighted by Crippen LogP contribution is -2.45. The number of aryl methyl sites for hydroxylation is 1. The average Bonchev–Trinajstić information content (AvgIpc) is 3.15. The van der Waals surface area contributed by atoms with Crippen LogP contribution >= 0.6 is 0 Å². The predicted octanol–water partition coefficient (Wildman–Crippen LogP) is 2.17. The van der Waals surface area contributed by atoms with Gasteiger partial charge in [-0.25, -0.2) is 4.98 Å². The van der Waals surface area contributed by atoms with Crippen molar-refractivity contribution in [3.05, 3.63) is 24.2 Å². The number of piperidine rings is 1. The molecule has 0 N–H and O–H groups in total. The summed E-state index contributed by atoms with van der Waals surface area (Å²) in [6.45, 7) is 6.25. The quantitative estimate of drug-likeness (QED) is 0.840. The molecular formula is C16H20N4O3. The van der Waals surface area contributed by atoms with Gasteiger partial charge in [0.15, 0.2) is 11.6 Å². The smallest absolute Gasteiger partial charge is 0.258 e. The van der Waals surface area contributed by atoms with Crippen LogP contribution in [0.2, 0.25) is 0 Å². The fourth-order valence-electron chi connectivity index (χ4n) is 3.18. The molecule has 122 valence electrons. The normalized spacial score (nSPS) is 23.6. The van der Waals surface area contributed by atoms with Crippen molar-refractivity contribution < 1.29 is 14.0 Å². The Balaban J connectivity index is 1.49. The molecule has 2 aliphatic heterocycles. The molecule has 2 saturated heterocycles. The van der Waals surface area contributed by atoms with E-state index < -0.39 is 5.79 Å². The summed E-state index contributed by atoms with van der Waals surface area (Å²) in [6.07, 6.45) is 3.66. The van der Waals surface area contributed by atoms with Crippen LogP contribution in [-0.2, 0) is 9.47 Å². The number of ether oxygens (including phenoxy) is 2. The van der Waals surface area contributed by atoms with Gasteiger partial charge in [0.25, 0.3) is 5.89 Å². The first-order valence-corrected chi connectivity index (χ1v) is 7.97. The molecule has 0 amide bonds. The maximum Gasteiger partial charge on any atom is 0.258 e. The van der Waals surface area contributed by atoms with Gasteiger partial charge in [0.2, 0.25) is 0 Å². The number of hydrogen-bond donors (Lipinski definition) is 0. The van der Waals surface area contributed by atoms with Crippen molar-refractivity contribution in [1.82, 2.24) is 15.1 Å². The Bertz CT molecular complexity index is 694. The molecule has 1 atom stereocenters. The Kier molecular flexibility index (Phi) is 3.54. The van der Waals surface area contributed by atoms with Crippen LogP contribution in [0.4, 0.5) is 5.82 Å². The number of hydrogen-bond acceptors (Lipinski definition) is 7. The van der Waals surface area contributed by atoms with E-state index in [1.165, 1.54) is 0 Å². The lowest BCUT2D eigenvalue weighted by molar-refractivity contribution is -0.178. The predicted molar refractivity (Wildman–Crippen MR) is 82.9 cm³/mol. The largest absolute Gasteiger partial charge is 0.356 e. The van der Waals surface area contributed by atoms with Crippen LogP contribution in [0.15, 0.2) is 22.9 Å². The van der Waals surface area contributed by atoms with Gasteiger partial charge in [-0.05, 0) is 26.0 Å². The highest BCUT2D eigenvalue weighted by molar-refractivity contribution is 5.58. The van der Waals surface area contributed by atoms with Crippen molar-refractivity contribution in [2.24, 2.45) is 0 Å². The summed E-state index contributed by atoms with van der Waals surface area (Å²) >= 11 is 0. The molecule has 4 rings (SSSR count). The molecule has 0 radical (unpaired) electrons. The van der Waals surface area contributed by atoms with E-state index in [1.807, 2.05) is 19.1 Å². The van der Waals surface area contributed by atoms with E-state index in [1.54, 1.807) is 6.20 Å². The fourth-order valence-corrected chi connectivity index (χ4v) is 3.18. The molecule has 23 heavy (non-hydrogen) atoms. The number of rotatable bonds is 2. The van der Waals surface area contributed by atoms with Crippen LogP contribution in [0.3, 0.4) is 0 Å². The first kappa shape index (κ1) is 14.6. The molecule has 0 saturated carbocycles.